The molecule has 2 aliphatic rings. The average molecular weight is 506 g/mol. The summed E-state index contributed by atoms with van der Waals surface area (Å²) in [4.78, 5) is 2.47. The Labute approximate surface area is 217 Å². The summed E-state index contributed by atoms with van der Waals surface area (Å²) in [5.41, 5.74) is 3.95. The van der Waals surface area contributed by atoms with Gasteiger partial charge in [-0.15, -0.1) is 0 Å². The summed E-state index contributed by atoms with van der Waals surface area (Å²) in [6, 6.07) is 19.6. The summed E-state index contributed by atoms with van der Waals surface area (Å²) < 4.78 is 39.6. The summed E-state index contributed by atoms with van der Waals surface area (Å²) in [7, 11) is 0. The summed E-state index contributed by atoms with van der Waals surface area (Å²) in [5, 5.41) is 10.1. The van der Waals surface area contributed by atoms with E-state index in [-0.39, 0.29) is 11.3 Å². The van der Waals surface area contributed by atoms with Crippen LogP contribution in [0.4, 0.5) is 8.78 Å². The van der Waals surface area contributed by atoms with E-state index in [1.54, 1.807) is 24.3 Å². The third-order valence-corrected chi connectivity index (χ3v) is 7.48. The molecule has 3 aromatic carbocycles. The highest BCUT2D eigenvalue weighted by atomic mass is 19.3. The van der Waals surface area contributed by atoms with E-state index in [0.717, 1.165) is 47.0 Å². The van der Waals surface area contributed by atoms with Crippen molar-refractivity contribution < 1.29 is 23.4 Å². The third kappa shape index (κ3) is 5.35. The van der Waals surface area contributed by atoms with Crippen LogP contribution in [0.1, 0.15) is 62.0 Å². The van der Waals surface area contributed by atoms with E-state index in [2.05, 4.69) is 18.7 Å². The Morgan fingerprint density at radius 3 is 2.57 bits per heavy atom. The van der Waals surface area contributed by atoms with Crippen molar-refractivity contribution in [1.29, 1.82) is 0 Å². The molecule has 0 amide bonds. The van der Waals surface area contributed by atoms with Gasteiger partial charge in [0.1, 0.15) is 30.0 Å². The number of halogens is 2. The molecule has 3 aromatic rings. The summed E-state index contributed by atoms with van der Waals surface area (Å²) >= 11 is 0. The first-order chi connectivity index (χ1) is 17.8. The molecule has 2 heterocycles. The highest BCUT2D eigenvalue weighted by Gasteiger charge is 2.30. The van der Waals surface area contributed by atoms with Crippen molar-refractivity contribution in [2.75, 3.05) is 19.7 Å². The first kappa shape index (κ1) is 25.3. The number of nitrogens with zero attached hydrogens (tertiary/aromatic N) is 1. The second kappa shape index (κ2) is 10.5. The monoisotopic (exact) mass is 505 g/mol. The molecule has 1 N–H and O–H groups in total. The number of hydrogen-bond donors (Lipinski definition) is 1. The average Bonchev–Trinajstić information content (AvgIpc) is 3.34. The fraction of sp³-hybridized carbons (Fsp3) is 0.355. The molecule has 0 aliphatic carbocycles. The molecule has 2 aliphatic heterocycles. The minimum Gasteiger partial charge on any atom is -0.508 e. The van der Waals surface area contributed by atoms with Crippen molar-refractivity contribution in [3.8, 4) is 17.2 Å². The van der Waals surface area contributed by atoms with Gasteiger partial charge in [0.05, 0.1) is 0 Å². The maximum Gasteiger partial charge on any atom is 0.263 e. The first-order valence-electron chi connectivity index (χ1n) is 12.9. The first-order valence-corrected chi connectivity index (χ1v) is 12.9. The van der Waals surface area contributed by atoms with Crippen LogP contribution >= 0.6 is 0 Å². The lowest BCUT2D eigenvalue weighted by Gasteiger charge is -2.31. The Bertz CT molecular complexity index is 1290. The number of fused-ring (bicyclic) bond motifs is 1. The fourth-order valence-corrected chi connectivity index (χ4v) is 5.32. The Kier molecular flexibility index (Phi) is 7.20. The van der Waals surface area contributed by atoms with Crippen LogP contribution < -0.4 is 9.47 Å². The Hall–Kier alpha value is -3.38. The number of likely N-dealkylation sites (tertiary alicyclic amines) is 1. The van der Waals surface area contributed by atoms with Gasteiger partial charge in [-0.25, -0.2) is 8.78 Å². The van der Waals surface area contributed by atoms with E-state index in [9.17, 15) is 13.9 Å². The van der Waals surface area contributed by atoms with Gasteiger partial charge in [-0.05, 0) is 85.8 Å². The molecule has 0 spiro atoms. The highest BCUT2D eigenvalue weighted by Crippen LogP contribution is 2.47. The number of phenols is 1. The van der Waals surface area contributed by atoms with Crippen LogP contribution in [0.2, 0.25) is 0 Å². The van der Waals surface area contributed by atoms with E-state index < -0.39 is 12.5 Å². The predicted octanol–water partition coefficient (Wildman–Crippen LogP) is 7.50. The largest absolute Gasteiger partial charge is 0.508 e. The van der Waals surface area contributed by atoms with Crippen molar-refractivity contribution in [2.24, 2.45) is 5.92 Å². The second-order valence-electron chi connectivity index (χ2n) is 10.3. The second-order valence-corrected chi connectivity index (χ2v) is 10.3. The molecule has 37 heavy (non-hydrogen) atoms. The molecule has 1 unspecified atom stereocenters. The number of hydrogen-bond acceptors (Lipinski definition) is 4. The Morgan fingerprint density at radius 2 is 1.86 bits per heavy atom. The lowest BCUT2D eigenvalue weighted by molar-refractivity contribution is 0.151. The van der Waals surface area contributed by atoms with Gasteiger partial charge in [0.25, 0.3) is 6.43 Å². The Morgan fingerprint density at radius 1 is 1.08 bits per heavy atom. The van der Waals surface area contributed by atoms with Crippen LogP contribution in [-0.2, 0) is 0 Å². The quantitative estimate of drug-likeness (QED) is 0.361. The lowest BCUT2D eigenvalue weighted by atomic mass is 9.85. The number of phenolic OH excluding ortho intramolecular Hbond substituents is 1. The highest BCUT2D eigenvalue weighted by molar-refractivity contribution is 5.95. The van der Waals surface area contributed by atoms with Crippen LogP contribution in [0.25, 0.3) is 11.1 Å². The normalized spacial score (nSPS) is 20.6. The number of alkyl halides is 2. The van der Waals surface area contributed by atoms with Gasteiger partial charge in [-0.3, -0.25) is 4.90 Å². The van der Waals surface area contributed by atoms with Gasteiger partial charge in [0.2, 0.25) is 0 Å². The molecule has 194 valence electrons. The van der Waals surface area contributed by atoms with Crippen LogP contribution in [-0.4, -0.2) is 35.7 Å². The van der Waals surface area contributed by atoms with Gasteiger partial charge in [-0.1, -0.05) is 37.3 Å². The van der Waals surface area contributed by atoms with E-state index in [1.165, 1.54) is 18.6 Å². The molecule has 0 radical (unpaired) electrons. The topological polar surface area (TPSA) is 41.9 Å². The maximum absolute atomic E-state index is 13.5. The van der Waals surface area contributed by atoms with Gasteiger partial charge in [0, 0.05) is 29.3 Å². The molecule has 4 nitrogen and oxygen atoms in total. The zero-order chi connectivity index (χ0) is 26.1. The molecular formula is C31H33F2NO3. The zero-order valence-corrected chi connectivity index (χ0v) is 21.5. The van der Waals surface area contributed by atoms with E-state index in [4.69, 9.17) is 9.47 Å². The minimum atomic E-state index is -2.57. The smallest absolute Gasteiger partial charge is 0.263 e. The molecule has 0 aromatic heterocycles. The molecule has 6 heteroatoms. The third-order valence-electron chi connectivity index (χ3n) is 7.48. The zero-order valence-electron chi connectivity index (χ0n) is 21.5. The van der Waals surface area contributed by atoms with Crippen molar-refractivity contribution in [1.82, 2.24) is 4.90 Å². The fourth-order valence-electron chi connectivity index (χ4n) is 5.32. The van der Waals surface area contributed by atoms with Crippen molar-refractivity contribution in [2.45, 2.75) is 45.8 Å². The minimum absolute atomic E-state index is 0.0384. The molecule has 3 atom stereocenters. The Balaban J connectivity index is 1.43. The van der Waals surface area contributed by atoms with Crippen LogP contribution in [0, 0.1) is 5.92 Å². The molecule has 5 rings (SSSR count). The number of allylic oxidation sites excluding steroid dienone is 1. The van der Waals surface area contributed by atoms with Crippen LogP contribution in [0.5, 0.6) is 17.2 Å². The standard InChI is InChI=1S/C31H33F2NO3/c1-19-13-14-34(17-19)20(2)18-36-26-10-7-22(8-11-26)30-29(23-5-4-6-24(15-23)31(32)33)21(3)27-16-25(35)9-12-28(27)37-30/h4-12,15-16,19-20,30-31,35H,13-14,17-18H2,1-3H3/t19-,20+,30?/m1/s1. The predicted molar refractivity (Wildman–Crippen MR) is 142 cm³/mol. The number of aromatic hydroxyl groups is 1. The summed E-state index contributed by atoms with van der Waals surface area (Å²) in [6.45, 7) is 9.27. The SMILES string of the molecule is CC1=C(c2cccc(C(F)F)c2)C(c2ccc(OC[C@H](C)N3CC[C@@H](C)C3)cc2)Oc2ccc(O)cc21. The van der Waals surface area contributed by atoms with Gasteiger partial charge in [0.15, 0.2) is 0 Å². The maximum atomic E-state index is 13.5. The molecular weight excluding hydrogens is 472 g/mol. The lowest BCUT2D eigenvalue weighted by Crippen LogP contribution is -2.35. The number of ether oxygens (including phenoxy) is 2. The van der Waals surface area contributed by atoms with Gasteiger partial charge in [-0.2, -0.15) is 0 Å². The van der Waals surface area contributed by atoms with E-state index in [0.29, 0.717) is 24.0 Å². The molecule has 0 bridgehead atoms. The van der Waals surface area contributed by atoms with Crippen molar-refractivity contribution in [3.63, 3.8) is 0 Å². The van der Waals surface area contributed by atoms with Crippen LogP contribution in [0.3, 0.4) is 0 Å². The van der Waals surface area contributed by atoms with E-state index >= 15 is 0 Å². The van der Waals surface area contributed by atoms with Crippen molar-refractivity contribution in [3.05, 3.63) is 89.0 Å². The van der Waals surface area contributed by atoms with Crippen LogP contribution in [0.15, 0.2) is 66.7 Å². The van der Waals surface area contributed by atoms with Gasteiger partial charge >= 0.3 is 0 Å². The molecule has 0 saturated carbocycles. The van der Waals surface area contributed by atoms with Crippen molar-refractivity contribution >= 4 is 11.1 Å². The van der Waals surface area contributed by atoms with E-state index in [1.807, 2.05) is 37.3 Å². The summed E-state index contributed by atoms with van der Waals surface area (Å²) in [6.07, 6.45) is -1.83. The summed E-state index contributed by atoms with van der Waals surface area (Å²) in [5.74, 6) is 2.28. The molecule has 1 saturated heterocycles. The van der Waals surface area contributed by atoms with Gasteiger partial charge < -0.3 is 14.6 Å². The number of rotatable bonds is 7. The molecule has 1 fully saturated rings. The number of benzene rings is 3.